The number of hydrogen-bond acceptors (Lipinski definition) is 5. The van der Waals surface area contributed by atoms with Crippen LogP contribution in [0.2, 0.25) is 0 Å². The van der Waals surface area contributed by atoms with E-state index in [2.05, 4.69) is 10.5 Å². The zero-order valence-electron chi connectivity index (χ0n) is 12.4. The predicted molar refractivity (Wildman–Crippen MR) is 79.2 cm³/mol. The lowest BCUT2D eigenvalue weighted by molar-refractivity contribution is 0.0731. The molecule has 116 valence electrons. The lowest BCUT2D eigenvalue weighted by Crippen LogP contribution is -2.43. The van der Waals surface area contributed by atoms with Crippen molar-refractivity contribution in [3.05, 3.63) is 36.1 Å². The fraction of sp³-hybridized carbons (Fsp3) is 0.333. The van der Waals surface area contributed by atoms with Crippen LogP contribution in [-0.4, -0.2) is 42.4 Å². The number of aryl methyl sites for hydroxylation is 1. The number of urea groups is 1. The highest BCUT2D eigenvalue weighted by atomic mass is 16.6. The van der Waals surface area contributed by atoms with Gasteiger partial charge in [0.15, 0.2) is 23.4 Å². The smallest absolute Gasteiger partial charge is 0.322 e. The summed E-state index contributed by atoms with van der Waals surface area (Å²) in [5.41, 5.74) is 0. The van der Waals surface area contributed by atoms with Crippen LogP contribution in [0.25, 0.3) is 0 Å². The number of ether oxygens (including phenoxy) is 2. The van der Waals surface area contributed by atoms with Gasteiger partial charge in [-0.25, -0.2) is 4.79 Å². The molecule has 2 aromatic rings. The Balaban J connectivity index is 1.56. The summed E-state index contributed by atoms with van der Waals surface area (Å²) in [5.74, 6) is 2.45. The molecule has 1 aliphatic rings. The Morgan fingerprint density at radius 2 is 2.18 bits per heavy atom. The van der Waals surface area contributed by atoms with Crippen molar-refractivity contribution in [2.75, 3.05) is 25.5 Å². The molecule has 22 heavy (non-hydrogen) atoms. The van der Waals surface area contributed by atoms with Crippen LogP contribution >= 0.6 is 0 Å². The summed E-state index contributed by atoms with van der Waals surface area (Å²) >= 11 is 0. The first kappa shape index (κ1) is 14.2. The van der Waals surface area contributed by atoms with Crippen LogP contribution in [0.15, 0.2) is 34.9 Å². The van der Waals surface area contributed by atoms with Crippen LogP contribution in [0.4, 0.5) is 10.6 Å². The summed E-state index contributed by atoms with van der Waals surface area (Å²) in [6.07, 6.45) is -0.218. The van der Waals surface area contributed by atoms with Crippen molar-refractivity contribution in [2.45, 2.75) is 13.0 Å². The molecular weight excluding hydrogens is 286 g/mol. The summed E-state index contributed by atoms with van der Waals surface area (Å²) in [7, 11) is 1.69. The van der Waals surface area contributed by atoms with Crippen molar-refractivity contribution < 1.29 is 18.8 Å². The van der Waals surface area contributed by atoms with E-state index in [-0.39, 0.29) is 12.1 Å². The molecule has 2 heterocycles. The van der Waals surface area contributed by atoms with Crippen molar-refractivity contribution >= 4 is 11.8 Å². The Kier molecular flexibility index (Phi) is 3.86. The Labute approximate surface area is 127 Å². The van der Waals surface area contributed by atoms with E-state index in [1.54, 1.807) is 20.0 Å². The van der Waals surface area contributed by atoms with Gasteiger partial charge in [0, 0.05) is 13.1 Å². The highest BCUT2D eigenvalue weighted by molar-refractivity contribution is 5.88. The molecule has 0 aliphatic carbocycles. The molecule has 0 bridgehead atoms. The van der Waals surface area contributed by atoms with Crippen LogP contribution < -0.4 is 14.8 Å². The summed E-state index contributed by atoms with van der Waals surface area (Å²) < 4.78 is 16.4. The lowest BCUT2D eigenvalue weighted by Gasteiger charge is -2.29. The minimum Gasteiger partial charge on any atom is -0.486 e. The number of para-hydroxylation sites is 2. The minimum atomic E-state index is -0.282. The number of fused-ring (bicyclic) bond motifs is 1. The van der Waals surface area contributed by atoms with Crippen molar-refractivity contribution in [1.82, 2.24) is 10.1 Å². The van der Waals surface area contributed by atoms with Gasteiger partial charge in [-0.3, -0.25) is 5.32 Å². The third-order valence-electron chi connectivity index (χ3n) is 3.25. The Morgan fingerprint density at radius 3 is 2.91 bits per heavy atom. The second kappa shape index (κ2) is 5.97. The van der Waals surface area contributed by atoms with E-state index in [0.29, 0.717) is 30.5 Å². The molecule has 3 rings (SSSR count). The normalized spacial score (nSPS) is 16.2. The average Bonchev–Trinajstić information content (AvgIpc) is 2.92. The molecule has 0 saturated carbocycles. The van der Waals surface area contributed by atoms with Gasteiger partial charge >= 0.3 is 6.03 Å². The summed E-state index contributed by atoms with van der Waals surface area (Å²) in [6, 6.07) is 8.85. The zero-order valence-corrected chi connectivity index (χ0v) is 12.4. The molecule has 7 heteroatoms. The molecule has 1 N–H and O–H groups in total. The van der Waals surface area contributed by atoms with E-state index in [0.717, 1.165) is 5.75 Å². The van der Waals surface area contributed by atoms with Gasteiger partial charge in [0.05, 0.1) is 6.54 Å². The molecule has 7 nitrogen and oxygen atoms in total. The number of hydrogen-bond donors (Lipinski definition) is 1. The third-order valence-corrected chi connectivity index (χ3v) is 3.25. The Hall–Kier alpha value is -2.70. The summed E-state index contributed by atoms with van der Waals surface area (Å²) in [6.45, 7) is 2.56. The van der Waals surface area contributed by atoms with Gasteiger partial charge in [-0.05, 0) is 19.1 Å². The number of carbonyl (C=O) groups is 1. The number of amides is 2. The molecular formula is C15H17N3O4. The molecule has 0 unspecified atom stereocenters. The van der Waals surface area contributed by atoms with Crippen molar-refractivity contribution in [2.24, 2.45) is 0 Å². The van der Waals surface area contributed by atoms with E-state index < -0.39 is 0 Å². The van der Waals surface area contributed by atoms with Crippen molar-refractivity contribution in [1.29, 1.82) is 0 Å². The minimum absolute atomic E-state index is 0.218. The maximum absolute atomic E-state index is 12.1. The standard InChI is InChI=1S/C15H17N3O4/c1-10-7-14(17-22-10)16-15(19)18(2)8-11-9-20-12-5-3-4-6-13(12)21-11/h3-7,11H,8-9H2,1-2H3,(H,16,17,19)/t11-/m0/s1. The van der Waals surface area contributed by atoms with Crippen LogP contribution in [0, 0.1) is 6.92 Å². The van der Waals surface area contributed by atoms with Gasteiger partial charge in [-0.15, -0.1) is 0 Å². The molecule has 1 aromatic carbocycles. The van der Waals surface area contributed by atoms with Gasteiger partial charge in [0.2, 0.25) is 0 Å². The van der Waals surface area contributed by atoms with E-state index >= 15 is 0 Å². The molecule has 1 aromatic heterocycles. The molecule has 0 saturated heterocycles. The number of rotatable bonds is 3. The number of likely N-dealkylation sites (N-methyl/N-ethyl adjacent to an activating group) is 1. The van der Waals surface area contributed by atoms with Crippen molar-refractivity contribution in [3.63, 3.8) is 0 Å². The largest absolute Gasteiger partial charge is 0.486 e. The molecule has 0 fully saturated rings. The second-order valence-electron chi connectivity index (χ2n) is 5.13. The van der Waals surface area contributed by atoms with E-state index in [1.165, 1.54) is 4.90 Å². The zero-order chi connectivity index (χ0) is 15.5. The third kappa shape index (κ3) is 3.13. The predicted octanol–water partition coefficient (Wildman–Crippen LogP) is 2.29. The highest BCUT2D eigenvalue weighted by Gasteiger charge is 2.24. The highest BCUT2D eigenvalue weighted by Crippen LogP contribution is 2.30. The van der Waals surface area contributed by atoms with Gasteiger partial charge in [0.1, 0.15) is 12.4 Å². The Morgan fingerprint density at radius 1 is 1.41 bits per heavy atom. The van der Waals surface area contributed by atoms with Gasteiger partial charge in [0.25, 0.3) is 0 Å². The quantitative estimate of drug-likeness (QED) is 0.941. The van der Waals surface area contributed by atoms with E-state index in [9.17, 15) is 4.79 Å². The molecule has 0 radical (unpaired) electrons. The number of nitrogens with zero attached hydrogens (tertiary/aromatic N) is 2. The number of anilines is 1. The lowest BCUT2D eigenvalue weighted by atomic mass is 10.2. The number of carbonyl (C=O) groups excluding carboxylic acids is 1. The molecule has 2 amide bonds. The fourth-order valence-electron chi connectivity index (χ4n) is 2.17. The van der Waals surface area contributed by atoms with Gasteiger partial charge in [-0.2, -0.15) is 0 Å². The monoisotopic (exact) mass is 303 g/mol. The first-order valence-electron chi connectivity index (χ1n) is 6.96. The maximum atomic E-state index is 12.1. The number of nitrogens with one attached hydrogen (secondary N) is 1. The first-order chi connectivity index (χ1) is 10.6. The van der Waals surface area contributed by atoms with Crippen LogP contribution in [0.5, 0.6) is 11.5 Å². The van der Waals surface area contributed by atoms with E-state index in [1.807, 2.05) is 24.3 Å². The first-order valence-corrected chi connectivity index (χ1v) is 6.96. The topological polar surface area (TPSA) is 76.8 Å². The SMILES string of the molecule is Cc1cc(NC(=O)N(C)C[C@H]2COc3ccccc3O2)no1. The second-order valence-corrected chi connectivity index (χ2v) is 5.13. The number of benzene rings is 1. The fourth-order valence-corrected chi connectivity index (χ4v) is 2.17. The Bertz CT molecular complexity index is 670. The van der Waals surface area contributed by atoms with Crippen LogP contribution in [0.3, 0.4) is 0 Å². The summed E-state index contributed by atoms with van der Waals surface area (Å²) in [5, 5.41) is 6.38. The summed E-state index contributed by atoms with van der Waals surface area (Å²) in [4.78, 5) is 13.6. The van der Waals surface area contributed by atoms with Gasteiger partial charge < -0.3 is 18.9 Å². The van der Waals surface area contributed by atoms with Gasteiger partial charge in [-0.1, -0.05) is 17.3 Å². The molecule has 0 spiro atoms. The van der Waals surface area contributed by atoms with Crippen LogP contribution in [-0.2, 0) is 0 Å². The van der Waals surface area contributed by atoms with Crippen molar-refractivity contribution in [3.8, 4) is 11.5 Å². The average molecular weight is 303 g/mol. The van der Waals surface area contributed by atoms with E-state index in [4.69, 9.17) is 14.0 Å². The maximum Gasteiger partial charge on any atom is 0.322 e. The molecule has 1 aliphatic heterocycles. The molecule has 1 atom stereocenters. The number of aromatic nitrogens is 1. The van der Waals surface area contributed by atoms with Crippen LogP contribution in [0.1, 0.15) is 5.76 Å².